The van der Waals surface area contributed by atoms with Crippen LogP contribution >= 0.6 is 0 Å². The largest absolute Gasteiger partial charge is 0.395 e. The molecule has 1 aliphatic heterocycles. The number of hydrogen-bond acceptors (Lipinski definition) is 7. The number of pyridine rings is 1. The first kappa shape index (κ1) is 25.2. The molecule has 2 aromatic rings. The topological polar surface area (TPSA) is 95.8 Å². The van der Waals surface area contributed by atoms with Crippen molar-refractivity contribution in [3.05, 3.63) is 23.8 Å². The van der Waals surface area contributed by atoms with Gasteiger partial charge in [-0.15, -0.1) is 0 Å². The molecule has 0 saturated carbocycles. The molecule has 2 heterocycles. The van der Waals surface area contributed by atoms with Gasteiger partial charge in [0.25, 0.3) is 0 Å². The second kappa shape index (κ2) is 11.2. The SMILES string of the molecule is CCCCN=Cc1c(N)c(N)nc2ccc(N3CCN(CNCCC(C)(C)C(C)C)C3)cc12. The van der Waals surface area contributed by atoms with Gasteiger partial charge in [-0.1, -0.05) is 41.0 Å². The zero-order chi connectivity index (χ0) is 24.0. The molecule has 7 nitrogen and oxygen atoms in total. The van der Waals surface area contributed by atoms with Crippen molar-refractivity contribution < 1.29 is 0 Å². The Labute approximate surface area is 199 Å². The molecule has 33 heavy (non-hydrogen) atoms. The molecule has 0 unspecified atom stereocenters. The second-order valence-corrected chi connectivity index (χ2v) is 10.3. The van der Waals surface area contributed by atoms with Crippen molar-refractivity contribution in [2.45, 2.75) is 53.9 Å². The Kier molecular flexibility index (Phi) is 8.54. The van der Waals surface area contributed by atoms with E-state index in [1.54, 1.807) is 0 Å². The quantitative estimate of drug-likeness (QED) is 0.346. The smallest absolute Gasteiger partial charge is 0.148 e. The van der Waals surface area contributed by atoms with Gasteiger partial charge in [-0.2, -0.15) is 0 Å². The van der Waals surface area contributed by atoms with Crippen LogP contribution in [0.25, 0.3) is 10.9 Å². The van der Waals surface area contributed by atoms with Crippen LogP contribution in [0.15, 0.2) is 23.2 Å². The van der Waals surface area contributed by atoms with Crippen LogP contribution in [0.5, 0.6) is 0 Å². The van der Waals surface area contributed by atoms with Gasteiger partial charge in [0.1, 0.15) is 5.82 Å². The molecule has 0 amide bonds. The zero-order valence-corrected chi connectivity index (χ0v) is 21.2. The van der Waals surface area contributed by atoms with Crippen molar-refractivity contribution in [2.24, 2.45) is 16.3 Å². The molecule has 1 saturated heterocycles. The fourth-order valence-corrected chi connectivity index (χ4v) is 3.97. The third-order valence-electron chi connectivity index (χ3n) is 7.20. The average molecular weight is 454 g/mol. The van der Waals surface area contributed by atoms with E-state index in [4.69, 9.17) is 11.5 Å². The van der Waals surface area contributed by atoms with E-state index in [-0.39, 0.29) is 0 Å². The van der Waals surface area contributed by atoms with Crippen LogP contribution < -0.4 is 21.7 Å². The van der Waals surface area contributed by atoms with Crippen LogP contribution in [0.2, 0.25) is 0 Å². The lowest BCUT2D eigenvalue weighted by Crippen LogP contribution is -2.36. The Balaban J connectivity index is 1.67. The van der Waals surface area contributed by atoms with Gasteiger partial charge in [0.05, 0.1) is 17.9 Å². The molecule has 7 heteroatoms. The number of nitrogens with zero attached hydrogens (tertiary/aromatic N) is 4. The van der Waals surface area contributed by atoms with Crippen LogP contribution in [0.3, 0.4) is 0 Å². The number of hydrogen-bond donors (Lipinski definition) is 3. The molecule has 1 fully saturated rings. The van der Waals surface area contributed by atoms with Gasteiger partial charge in [-0.3, -0.25) is 9.89 Å². The second-order valence-electron chi connectivity index (χ2n) is 10.3. The van der Waals surface area contributed by atoms with Gasteiger partial charge < -0.3 is 21.7 Å². The number of rotatable bonds is 11. The Hall–Kier alpha value is -2.38. The summed E-state index contributed by atoms with van der Waals surface area (Å²) in [5, 5.41) is 4.64. The van der Waals surface area contributed by atoms with Crippen molar-refractivity contribution in [2.75, 3.05) is 55.9 Å². The number of fused-ring (bicyclic) bond motifs is 1. The summed E-state index contributed by atoms with van der Waals surface area (Å²) in [6.45, 7) is 17.2. The Morgan fingerprint density at radius 3 is 2.76 bits per heavy atom. The summed E-state index contributed by atoms with van der Waals surface area (Å²) in [5.74, 6) is 1.06. The summed E-state index contributed by atoms with van der Waals surface area (Å²) in [6, 6.07) is 6.35. The minimum atomic E-state index is 0.367. The third-order valence-corrected chi connectivity index (χ3v) is 7.20. The van der Waals surface area contributed by atoms with E-state index in [0.29, 0.717) is 22.8 Å². The van der Waals surface area contributed by atoms with Gasteiger partial charge in [-0.25, -0.2) is 4.98 Å². The van der Waals surface area contributed by atoms with Gasteiger partial charge in [0.2, 0.25) is 0 Å². The highest BCUT2D eigenvalue weighted by Crippen LogP contribution is 2.31. The van der Waals surface area contributed by atoms with Crippen molar-refractivity contribution >= 4 is 34.3 Å². The lowest BCUT2D eigenvalue weighted by atomic mass is 9.78. The maximum atomic E-state index is 6.30. The molecule has 0 bridgehead atoms. The first-order valence-electron chi connectivity index (χ1n) is 12.4. The maximum Gasteiger partial charge on any atom is 0.148 e. The predicted octanol–water partition coefficient (Wildman–Crippen LogP) is 4.32. The van der Waals surface area contributed by atoms with Gasteiger partial charge in [0, 0.05) is 49.2 Å². The molecular formula is C26H43N7. The molecule has 1 aromatic carbocycles. The standard InChI is InChI=1S/C26H43N7/c1-6-7-11-29-16-22-21-15-20(8-9-23(21)31-25(28)24(22)27)33-14-13-32(18-33)17-30-12-10-26(4,5)19(2)3/h8-9,15-16,19,30H,6-7,10-14,17-18,27H2,1-5H3,(H2,28,31). The summed E-state index contributed by atoms with van der Waals surface area (Å²) < 4.78 is 0. The van der Waals surface area contributed by atoms with Crippen LogP contribution in [0, 0.1) is 11.3 Å². The molecule has 0 spiro atoms. The van der Waals surface area contributed by atoms with Gasteiger partial charge in [0.15, 0.2) is 0 Å². The number of benzene rings is 1. The monoisotopic (exact) mass is 453 g/mol. The normalized spacial score (nSPS) is 15.5. The minimum Gasteiger partial charge on any atom is -0.395 e. The molecule has 0 radical (unpaired) electrons. The van der Waals surface area contributed by atoms with Gasteiger partial charge >= 0.3 is 0 Å². The van der Waals surface area contributed by atoms with Crippen molar-refractivity contribution in [3.8, 4) is 0 Å². The van der Waals surface area contributed by atoms with E-state index < -0.39 is 0 Å². The van der Waals surface area contributed by atoms with Gasteiger partial charge in [-0.05, 0) is 48.9 Å². The number of unbranched alkanes of at least 4 members (excludes halogenated alkanes) is 1. The van der Waals surface area contributed by atoms with Crippen LogP contribution in [-0.2, 0) is 0 Å². The van der Waals surface area contributed by atoms with E-state index in [1.165, 1.54) is 12.1 Å². The summed E-state index contributed by atoms with van der Waals surface area (Å²) in [6.07, 6.45) is 5.24. The lowest BCUT2D eigenvalue weighted by molar-refractivity contribution is 0.217. The molecule has 0 atom stereocenters. The molecule has 5 N–H and O–H groups in total. The minimum absolute atomic E-state index is 0.367. The summed E-state index contributed by atoms with van der Waals surface area (Å²) in [7, 11) is 0. The number of nitrogens with two attached hydrogens (primary N) is 2. The van der Waals surface area contributed by atoms with Crippen molar-refractivity contribution in [3.63, 3.8) is 0 Å². The van der Waals surface area contributed by atoms with E-state index in [1.807, 2.05) is 12.3 Å². The number of nitrogens with one attached hydrogen (secondary N) is 1. The number of anilines is 3. The summed E-state index contributed by atoms with van der Waals surface area (Å²) in [5.41, 5.74) is 16.2. The van der Waals surface area contributed by atoms with E-state index in [2.05, 4.69) is 71.8 Å². The van der Waals surface area contributed by atoms with E-state index in [9.17, 15) is 0 Å². The fraction of sp³-hybridized carbons (Fsp3) is 0.615. The highest BCUT2D eigenvalue weighted by Gasteiger charge is 2.23. The molecule has 3 rings (SSSR count). The summed E-state index contributed by atoms with van der Waals surface area (Å²) in [4.78, 5) is 13.9. The van der Waals surface area contributed by atoms with E-state index in [0.717, 1.165) is 68.8 Å². The Bertz CT molecular complexity index is 951. The number of nitrogen functional groups attached to an aromatic ring is 2. The first-order chi connectivity index (χ1) is 15.7. The Morgan fingerprint density at radius 2 is 2.03 bits per heavy atom. The highest BCUT2D eigenvalue weighted by molar-refractivity contribution is 6.06. The first-order valence-corrected chi connectivity index (χ1v) is 12.4. The predicted molar refractivity (Wildman–Crippen MR) is 143 cm³/mol. The molecule has 0 aliphatic carbocycles. The fourth-order valence-electron chi connectivity index (χ4n) is 3.97. The maximum absolute atomic E-state index is 6.30. The molecule has 182 valence electrons. The summed E-state index contributed by atoms with van der Waals surface area (Å²) >= 11 is 0. The zero-order valence-electron chi connectivity index (χ0n) is 21.2. The average Bonchev–Trinajstić information content (AvgIpc) is 3.25. The molecular weight excluding hydrogens is 410 g/mol. The van der Waals surface area contributed by atoms with Crippen LogP contribution in [0.4, 0.5) is 17.2 Å². The lowest BCUT2D eigenvalue weighted by Gasteiger charge is -2.29. The van der Waals surface area contributed by atoms with E-state index >= 15 is 0 Å². The third kappa shape index (κ3) is 6.36. The number of aromatic nitrogens is 1. The molecule has 1 aromatic heterocycles. The van der Waals surface area contributed by atoms with Crippen molar-refractivity contribution in [1.82, 2.24) is 15.2 Å². The van der Waals surface area contributed by atoms with Crippen LogP contribution in [0.1, 0.15) is 59.4 Å². The number of aliphatic imine (C=N–C) groups is 1. The van der Waals surface area contributed by atoms with Crippen LogP contribution in [-0.4, -0.2) is 55.6 Å². The highest BCUT2D eigenvalue weighted by atomic mass is 15.4. The Morgan fingerprint density at radius 1 is 1.24 bits per heavy atom. The van der Waals surface area contributed by atoms with Crippen molar-refractivity contribution in [1.29, 1.82) is 0 Å². The molecule has 1 aliphatic rings.